The highest BCUT2D eigenvalue weighted by atomic mass is 16.5. The van der Waals surface area contributed by atoms with Gasteiger partial charge in [0.05, 0.1) is 12.1 Å². The van der Waals surface area contributed by atoms with E-state index in [0.29, 0.717) is 12.1 Å². The predicted octanol–water partition coefficient (Wildman–Crippen LogP) is 2.05. The lowest BCUT2D eigenvalue weighted by Gasteiger charge is -2.21. The number of carbonyl (C=O) groups excluding carboxylic acids is 1. The maximum Gasteiger partial charge on any atom is 0.249 e. The van der Waals surface area contributed by atoms with Gasteiger partial charge < -0.3 is 9.64 Å². The van der Waals surface area contributed by atoms with E-state index in [1.54, 1.807) is 7.11 Å². The van der Waals surface area contributed by atoms with Gasteiger partial charge in [-0.2, -0.15) is 0 Å². The maximum absolute atomic E-state index is 12.0. The first-order chi connectivity index (χ1) is 7.83. The smallest absolute Gasteiger partial charge is 0.249 e. The first kappa shape index (κ1) is 9.85. The van der Waals surface area contributed by atoms with Crippen LogP contribution >= 0.6 is 0 Å². The summed E-state index contributed by atoms with van der Waals surface area (Å²) in [5.41, 5.74) is 2.67. The first-order valence-electron chi connectivity index (χ1n) is 5.72. The van der Waals surface area contributed by atoms with Crippen LogP contribution in [0.4, 0.5) is 0 Å². The number of hydrogen-bond donors (Lipinski definition) is 0. The van der Waals surface area contributed by atoms with Gasteiger partial charge in [-0.1, -0.05) is 24.3 Å². The van der Waals surface area contributed by atoms with Gasteiger partial charge in [-0.15, -0.1) is 0 Å². The molecule has 2 unspecified atom stereocenters. The largest absolute Gasteiger partial charge is 0.375 e. The van der Waals surface area contributed by atoms with Crippen LogP contribution in [0.3, 0.4) is 0 Å². The normalized spacial score (nSPS) is 25.9. The Morgan fingerprint density at radius 2 is 1.88 bits per heavy atom. The molecule has 1 aromatic rings. The van der Waals surface area contributed by atoms with Crippen LogP contribution in [0.1, 0.15) is 36.1 Å². The zero-order valence-electron chi connectivity index (χ0n) is 9.35. The fourth-order valence-electron chi connectivity index (χ4n) is 3.09. The van der Waals surface area contributed by atoms with E-state index in [2.05, 4.69) is 24.3 Å². The molecule has 2 atom stereocenters. The zero-order chi connectivity index (χ0) is 11.1. The number of ether oxygens (including phenoxy) is 1. The Hall–Kier alpha value is -1.35. The van der Waals surface area contributed by atoms with Gasteiger partial charge in [0, 0.05) is 7.11 Å². The number of hydrogen-bond acceptors (Lipinski definition) is 2. The van der Waals surface area contributed by atoms with Crippen molar-refractivity contribution in [3.05, 3.63) is 35.4 Å². The van der Waals surface area contributed by atoms with Crippen LogP contribution in [-0.4, -0.2) is 24.5 Å². The third-order valence-corrected chi connectivity index (χ3v) is 3.65. The molecule has 84 valence electrons. The van der Waals surface area contributed by atoms with Gasteiger partial charge >= 0.3 is 0 Å². The molecule has 16 heavy (non-hydrogen) atoms. The SMILES string of the molecule is COCC(=O)N1C2CCC1c1ccccc12. The summed E-state index contributed by atoms with van der Waals surface area (Å²) in [6, 6.07) is 8.99. The molecule has 1 fully saturated rings. The van der Waals surface area contributed by atoms with Crippen molar-refractivity contribution in [2.75, 3.05) is 13.7 Å². The van der Waals surface area contributed by atoms with Gasteiger partial charge in [-0.25, -0.2) is 0 Å². The molecule has 2 bridgehead atoms. The summed E-state index contributed by atoms with van der Waals surface area (Å²) in [4.78, 5) is 14.0. The third-order valence-electron chi connectivity index (χ3n) is 3.65. The molecule has 1 aromatic carbocycles. The van der Waals surface area contributed by atoms with Gasteiger partial charge in [-0.05, 0) is 24.0 Å². The topological polar surface area (TPSA) is 29.5 Å². The minimum absolute atomic E-state index is 0.117. The number of fused-ring (bicyclic) bond motifs is 5. The molecule has 3 heteroatoms. The fourth-order valence-corrected chi connectivity index (χ4v) is 3.09. The molecule has 0 N–H and O–H groups in total. The Kier molecular flexibility index (Phi) is 2.21. The number of benzene rings is 1. The van der Waals surface area contributed by atoms with Crippen LogP contribution < -0.4 is 0 Å². The quantitative estimate of drug-likeness (QED) is 0.758. The van der Waals surface area contributed by atoms with Crippen LogP contribution in [0.15, 0.2) is 24.3 Å². The van der Waals surface area contributed by atoms with Gasteiger partial charge in [-0.3, -0.25) is 4.79 Å². The Bertz CT molecular complexity index is 399. The van der Waals surface area contributed by atoms with Gasteiger partial charge in [0.2, 0.25) is 5.91 Å². The highest BCUT2D eigenvalue weighted by Gasteiger charge is 2.45. The van der Waals surface area contributed by atoms with Crippen molar-refractivity contribution in [3.63, 3.8) is 0 Å². The lowest BCUT2D eigenvalue weighted by Crippen LogP contribution is -2.30. The van der Waals surface area contributed by atoms with Crippen molar-refractivity contribution in [3.8, 4) is 0 Å². The summed E-state index contributed by atoms with van der Waals surface area (Å²) in [6.07, 6.45) is 2.19. The van der Waals surface area contributed by atoms with E-state index in [1.807, 2.05) is 4.90 Å². The number of methoxy groups -OCH3 is 1. The zero-order valence-corrected chi connectivity index (χ0v) is 9.35. The van der Waals surface area contributed by atoms with E-state index in [4.69, 9.17) is 4.74 Å². The molecule has 0 spiro atoms. The molecule has 3 nitrogen and oxygen atoms in total. The average Bonchev–Trinajstić information content (AvgIpc) is 2.86. The number of carbonyl (C=O) groups is 1. The second kappa shape index (κ2) is 3.59. The molecule has 3 rings (SSSR count). The standard InChI is InChI=1S/C13H15NO2/c1-16-8-13(15)14-11-6-7-12(14)10-5-3-2-4-9(10)11/h2-5,11-12H,6-8H2,1H3. The first-order valence-corrected chi connectivity index (χ1v) is 5.72. The van der Waals surface area contributed by atoms with E-state index in [1.165, 1.54) is 11.1 Å². The fraction of sp³-hybridized carbons (Fsp3) is 0.462. The third kappa shape index (κ3) is 1.21. The van der Waals surface area contributed by atoms with Crippen LogP contribution in [0.5, 0.6) is 0 Å². The van der Waals surface area contributed by atoms with Crippen molar-refractivity contribution >= 4 is 5.91 Å². The average molecular weight is 217 g/mol. The van der Waals surface area contributed by atoms with Crippen molar-refractivity contribution in [1.82, 2.24) is 4.90 Å². The maximum atomic E-state index is 12.0. The minimum atomic E-state index is 0.117. The molecule has 0 aliphatic carbocycles. The van der Waals surface area contributed by atoms with Crippen molar-refractivity contribution in [2.45, 2.75) is 24.9 Å². The molecule has 1 amide bonds. The molecular formula is C13H15NO2. The van der Waals surface area contributed by atoms with E-state index in [9.17, 15) is 4.79 Å². The molecule has 2 heterocycles. The summed E-state index contributed by atoms with van der Waals surface area (Å²) in [5.74, 6) is 0.117. The van der Waals surface area contributed by atoms with Gasteiger partial charge in [0.15, 0.2) is 0 Å². The summed E-state index contributed by atoms with van der Waals surface area (Å²) in [5, 5.41) is 0. The Balaban J connectivity index is 1.95. The van der Waals surface area contributed by atoms with Crippen molar-refractivity contribution in [1.29, 1.82) is 0 Å². The molecule has 0 aromatic heterocycles. The van der Waals surface area contributed by atoms with Crippen LogP contribution in [0.2, 0.25) is 0 Å². The Morgan fingerprint density at radius 3 is 2.38 bits per heavy atom. The number of nitrogens with zero attached hydrogens (tertiary/aromatic N) is 1. The van der Waals surface area contributed by atoms with E-state index < -0.39 is 0 Å². The van der Waals surface area contributed by atoms with Crippen LogP contribution in [0.25, 0.3) is 0 Å². The summed E-state index contributed by atoms with van der Waals surface area (Å²) >= 11 is 0. The summed E-state index contributed by atoms with van der Waals surface area (Å²) in [7, 11) is 1.57. The van der Waals surface area contributed by atoms with Crippen molar-refractivity contribution in [2.24, 2.45) is 0 Å². The predicted molar refractivity (Wildman–Crippen MR) is 59.9 cm³/mol. The molecule has 0 radical (unpaired) electrons. The molecule has 2 aliphatic rings. The van der Waals surface area contributed by atoms with Gasteiger partial charge in [0.1, 0.15) is 6.61 Å². The molecule has 2 aliphatic heterocycles. The highest BCUT2D eigenvalue weighted by Crippen LogP contribution is 2.52. The van der Waals surface area contributed by atoms with Crippen LogP contribution in [-0.2, 0) is 9.53 Å². The molecule has 0 saturated carbocycles. The lowest BCUT2D eigenvalue weighted by molar-refractivity contribution is -0.137. The van der Waals surface area contributed by atoms with Crippen molar-refractivity contribution < 1.29 is 9.53 Å². The second-order valence-corrected chi connectivity index (χ2v) is 4.47. The van der Waals surface area contributed by atoms with E-state index >= 15 is 0 Å². The molecular weight excluding hydrogens is 202 g/mol. The number of rotatable bonds is 2. The highest BCUT2D eigenvalue weighted by molar-refractivity contribution is 5.80. The van der Waals surface area contributed by atoms with Gasteiger partial charge in [0.25, 0.3) is 0 Å². The summed E-state index contributed by atoms with van der Waals surface area (Å²) in [6.45, 7) is 0.195. The van der Waals surface area contributed by atoms with Crippen LogP contribution in [0, 0.1) is 0 Å². The second-order valence-electron chi connectivity index (χ2n) is 4.47. The lowest BCUT2D eigenvalue weighted by atomic mass is 9.92. The Morgan fingerprint density at radius 1 is 1.31 bits per heavy atom. The minimum Gasteiger partial charge on any atom is -0.375 e. The number of amides is 1. The van der Waals surface area contributed by atoms with E-state index in [-0.39, 0.29) is 12.5 Å². The summed E-state index contributed by atoms with van der Waals surface area (Å²) < 4.78 is 4.95. The Labute approximate surface area is 95.0 Å². The molecule has 1 saturated heterocycles. The monoisotopic (exact) mass is 217 g/mol. The van der Waals surface area contributed by atoms with E-state index in [0.717, 1.165) is 12.8 Å².